The number of carboxylic acid groups (broad SMARTS) is 1. The number of aromatic hydroxyl groups is 1. The van der Waals surface area contributed by atoms with Crippen LogP contribution >= 0.6 is 0 Å². The molecule has 2 aromatic carbocycles. The third-order valence-electron chi connectivity index (χ3n) is 3.92. The molecule has 22 heavy (non-hydrogen) atoms. The summed E-state index contributed by atoms with van der Waals surface area (Å²) in [6.07, 6.45) is 2.10. The molecule has 0 aliphatic carbocycles. The van der Waals surface area contributed by atoms with Gasteiger partial charge in [0.05, 0.1) is 5.52 Å². The predicted molar refractivity (Wildman–Crippen MR) is 85.7 cm³/mol. The van der Waals surface area contributed by atoms with Gasteiger partial charge in [-0.1, -0.05) is 37.3 Å². The molecule has 0 saturated heterocycles. The largest absolute Gasteiger partial charge is 0.507 e. The van der Waals surface area contributed by atoms with Gasteiger partial charge in [0.1, 0.15) is 5.75 Å². The lowest BCUT2D eigenvalue weighted by atomic mass is 10.0. The van der Waals surface area contributed by atoms with Crippen LogP contribution < -0.4 is 0 Å². The van der Waals surface area contributed by atoms with Gasteiger partial charge in [-0.25, -0.2) is 4.79 Å². The van der Waals surface area contributed by atoms with Gasteiger partial charge >= 0.3 is 6.09 Å². The Morgan fingerprint density at radius 1 is 1.09 bits per heavy atom. The van der Waals surface area contributed by atoms with E-state index in [1.807, 2.05) is 12.1 Å². The quantitative estimate of drug-likeness (QED) is 0.767. The van der Waals surface area contributed by atoms with Crippen LogP contribution in [-0.4, -0.2) is 20.9 Å². The highest BCUT2D eigenvalue weighted by Gasteiger charge is 2.15. The number of phenolic OH excluding ortho intramolecular Hbond substituents is 1. The fourth-order valence-electron chi connectivity index (χ4n) is 2.75. The third-order valence-corrected chi connectivity index (χ3v) is 3.92. The molecular weight excluding hydrogens is 278 g/mol. The van der Waals surface area contributed by atoms with Gasteiger partial charge in [-0.2, -0.15) is 0 Å². The number of phenols is 1. The van der Waals surface area contributed by atoms with Crippen molar-refractivity contribution in [2.45, 2.75) is 19.8 Å². The molecule has 112 valence electrons. The van der Waals surface area contributed by atoms with Gasteiger partial charge in [0.2, 0.25) is 0 Å². The number of hydrogen-bond donors (Lipinski definition) is 2. The fourth-order valence-corrected chi connectivity index (χ4v) is 2.75. The highest BCUT2D eigenvalue weighted by atomic mass is 16.4. The van der Waals surface area contributed by atoms with Crippen molar-refractivity contribution in [3.8, 4) is 5.75 Å². The maximum absolute atomic E-state index is 11.4. The number of fused-ring (bicyclic) bond motifs is 1. The van der Waals surface area contributed by atoms with Gasteiger partial charge in [0, 0.05) is 11.6 Å². The molecule has 3 aromatic rings. The molecular formula is C18H17NO3. The smallest absolute Gasteiger partial charge is 0.416 e. The first-order valence-electron chi connectivity index (χ1n) is 7.23. The lowest BCUT2D eigenvalue weighted by Crippen LogP contribution is -2.05. The molecule has 4 nitrogen and oxygen atoms in total. The molecule has 1 heterocycles. The van der Waals surface area contributed by atoms with Crippen molar-refractivity contribution in [1.29, 1.82) is 0 Å². The van der Waals surface area contributed by atoms with Crippen molar-refractivity contribution >= 4 is 17.0 Å². The van der Waals surface area contributed by atoms with Gasteiger partial charge in [0.15, 0.2) is 0 Å². The fraction of sp³-hybridized carbons (Fsp3) is 0.167. The summed E-state index contributed by atoms with van der Waals surface area (Å²) in [7, 11) is 0. The zero-order chi connectivity index (χ0) is 15.7. The molecule has 0 unspecified atom stereocenters. The van der Waals surface area contributed by atoms with Gasteiger partial charge in [-0.3, -0.25) is 4.57 Å². The summed E-state index contributed by atoms with van der Waals surface area (Å²) in [5.74, 6) is 0.109. The van der Waals surface area contributed by atoms with E-state index >= 15 is 0 Å². The zero-order valence-electron chi connectivity index (χ0n) is 12.3. The monoisotopic (exact) mass is 295 g/mol. The highest BCUT2D eigenvalue weighted by Crippen LogP contribution is 2.31. The van der Waals surface area contributed by atoms with Crippen LogP contribution in [-0.2, 0) is 12.8 Å². The molecule has 0 saturated carbocycles. The van der Waals surface area contributed by atoms with E-state index in [2.05, 4.69) is 19.1 Å². The number of aryl methyl sites for hydroxylation is 1. The summed E-state index contributed by atoms with van der Waals surface area (Å²) in [4.78, 5) is 11.4. The van der Waals surface area contributed by atoms with E-state index in [4.69, 9.17) is 0 Å². The Labute approximate surface area is 128 Å². The van der Waals surface area contributed by atoms with Crippen molar-refractivity contribution in [2.24, 2.45) is 0 Å². The number of rotatable bonds is 3. The van der Waals surface area contributed by atoms with Crippen LogP contribution in [0.4, 0.5) is 4.79 Å². The maximum atomic E-state index is 11.4. The molecule has 0 radical (unpaired) electrons. The van der Waals surface area contributed by atoms with Crippen LogP contribution in [0.5, 0.6) is 5.75 Å². The van der Waals surface area contributed by atoms with E-state index in [9.17, 15) is 15.0 Å². The molecule has 0 bridgehead atoms. The summed E-state index contributed by atoms with van der Waals surface area (Å²) >= 11 is 0. The van der Waals surface area contributed by atoms with Gasteiger partial charge in [0.25, 0.3) is 0 Å². The standard InChI is InChI=1S/C18H17NO3/c1-2-12-6-8-13(9-7-12)10-14-11-19(18(21)22)15-4-3-5-16(20)17(14)15/h3-9,11,20H,2,10H2,1H3,(H,21,22). The molecule has 0 spiro atoms. The minimum Gasteiger partial charge on any atom is -0.507 e. The Morgan fingerprint density at radius 2 is 1.77 bits per heavy atom. The molecule has 0 fully saturated rings. The summed E-state index contributed by atoms with van der Waals surface area (Å²) < 4.78 is 1.16. The summed E-state index contributed by atoms with van der Waals surface area (Å²) in [6, 6.07) is 13.2. The van der Waals surface area contributed by atoms with E-state index < -0.39 is 6.09 Å². The van der Waals surface area contributed by atoms with Crippen LogP contribution in [0, 0.1) is 0 Å². The first-order chi connectivity index (χ1) is 10.6. The Hall–Kier alpha value is -2.75. The lowest BCUT2D eigenvalue weighted by molar-refractivity contribution is 0.197. The molecule has 0 aliphatic heterocycles. The average molecular weight is 295 g/mol. The number of aromatic nitrogens is 1. The van der Waals surface area contributed by atoms with Gasteiger partial charge in [-0.05, 0) is 41.7 Å². The van der Waals surface area contributed by atoms with Gasteiger partial charge in [-0.15, -0.1) is 0 Å². The summed E-state index contributed by atoms with van der Waals surface area (Å²) in [6.45, 7) is 2.10. The van der Waals surface area contributed by atoms with Crippen LogP contribution in [0.3, 0.4) is 0 Å². The summed E-state index contributed by atoms with van der Waals surface area (Å²) in [5, 5.41) is 20.0. The molecule has 4 heteroatoms. The van der Waals surface area contributed by atoms with Gasteiger partial charge < -0.3 is 10.2 Å². The van der Waals surface area contributed by atoms with Crippen molar-refractivity contribution in [3.05, 3.63) is 65.4 Å². The lowest BCUT2D eigenvalue weighted by Gasteiger charge is -2.03. The van der Waals surface area contributed by atoms with Crippen LogP contribution in [0.25, 0.3) is 10.9 Å². The highest BCUT2D eigenvalue weighted by molar-refractivity contribution is 5.95. The number of hydrogen-bond acceptors (Lipinski definition) is 2. The second-order valence-electron chi connectivity index (χ2n) is 5.33. The predicted octanol–water partition coefficient (Wildman–Crippen LogP) is 4.03. The Bertz CT molecular complexity index is 831. The van der Waals surface area contributed by atoms with Crippen molar-refractivity contribution in [2.75, 3.05) is 0 Å². The van der Waals surface area contributed by atoms with E-state index in [0.29, 0.717) is 17.3 Å². The van der Waals surface area contributed by atoms with E-state index in [1.165, 1.54) is 5.56 Å². The molecule has 0 amide bonds. The van der Waals surface area contributed by atoms with Crippen molar-refractivity contribution in [1.82, 2.24) is 4.57 Å². The molecule has 2 N–H and O–H groups in total. The Kier molecular flexibility index (Phi) is 3.59. The molecule has 0 atom stereocenters. The minimum atomic E-state index is -1.05. The SMILES string of the molecule is CCc1ccc(Cc2cn(C(=O)O)c3cccc(O)c23)cc1. The van der Waals surface area contributed by atoms with E-state index in [-0.39, 0.29) is 5.75 Å². The Morgan fingerprint density at radius 3 is 2.41 bits per heavy atom. The zero-order valence-corrected chi connectivity index (χ0v) is 12.3. The van der Waals surface area contributed by atoms with E-state index in [1.54, 1.807) is 24.4 Å². The average Bonchev–Trinajstić information content (AvgIpc) is 2.88. The topological polar surface area (TPSA) is 62.5 Å². The van der Waals surface area contributed by atoms with Crippen LogP contribution in [0.1, 0.15) is 23.6 Å². The number of nitrogens with zero attached hydrogens (tertiary/aromatic N) is 1. The first-order valence-corrected chi connectivity index (χ1v) is 7.23. The Balaban J connectivity index is 2.08. The van der Waals surface area contributed by atoms with Crippen LogP contribution in [0.15, 0.2) is 48.7 Å². The van der Waals surface area contributed by atoms with Crippen LogP contribution in [0.2, 0.25) is 0 Å². The summed E-state index contributed by atoms with van der Waals surface area (Å²) in [5.41, 5.74) is 3.66. The second-order valence-corrected chi connectivity index (χ2v) is 5.33. The minimum absolute atomic E-state index is 0.109. The first kappa shape index (κ1) is 14.2. The normalized spacial score (nSPS) is 11.0. The van der Waals surface area contributed by atoms with Crippen molar-refractivity contribution in [3.63, 3.8) is 0 Å². The third kappa shape index (κ3) is 2.44. The second kappa shape index (κ2) is 5.56. The van der Waals surface area contributed by atoms with Crippen molar-refractivity contribution < 1.29 is 15.0 Å². The molecule has 3 rings (SSSR count). The molecule has 0 aliphatic rings. The van der Waals surface area contributed by atoms with E-state index in [0.717, 1.165) is 22.1 Å². The number of benzene rings is 2. The molecule has 1 aromatic heterocycles. The maximum Gasteiger partial charge on any atom is 0.416 e. The number of carbonyl (C=O) groups is 1.